The molecule has 2 aromatic carbocycles. The molecule has 0 aliphatic heterocycles. The number of halogens is 1. The number of imidazole rings is 1. The van der Waals surface area contributed by atoms with Gasteiger partial charge in [-0.15, -0.1) is 0 Å². The van der Waals surface area contributed by atoms with Crippen molar-refractivity contribution in [3.63, 3.8) is 0 Å². The zero-order valence-corrected chi connectivity index (χ0v) is 21.4. The van der Waals surface area contributed by atoms with Crippen molar-refractivity contribution in [2.24, 2.45) is 11.7 Å². The summed E-state index contributed by atoms with van der Waals surface area (Å²) in [4.78, 5) is 28.8. The van der Waals surface area contributed by atoms with Gasteiger partial charge < -0.3 is 16.2 Å². The van der Waals surface area contributed by atoms with Crippen LogP contribution in [0.25, 0.3) is 22.2 Å². The van der Waals surface area contributed by atoms with E-state index in [0.717, 1.165) is 52.9 Å². The predicted molar refractivity (Wildman–Crippen MR) is 144 cm³/mol. The van der Waals surface area contributed by atoms with Crippen LogP contribution in [0.4, 0.5) is 0 Å². The molecule has 3 aromatic heterocycles. The number of nitrogens with two attached hydrogens (primary N) is 1. The molecule has 192 valence electrons. The molecule has 3 heterocycles. The number of aromatic nitrogens is 4. The van der Waals surface area contributed by atoms with E-state index in [1.807, 2.05) is 22.1 Å². The molecule has 0 spiro atoms. The molecule has 1 aliphatic carbocycles. The maximum absolute atomic E-state index is 13.0. The Hall–Kier alpha value is -4.37. The van der Waals surface area contributed by atoms with Gasteiger partial charge in [0.1, 0.15) is 17.6 Å². The summed E-state index contributed by atoms with van der Waals surface area (Å²) < 4.78 is 3.64. The highest BCUT2D eigenvalue weighted by molar-refractivity contribution is 6.34. The van der Waals surface area contributed by atoms with Gasteiger partial charge in [0.15, 0.2) is 0 Å². The van der Waals surface area contributed by atoms with Crippen LogP contribution in [-0.4, -0.2) is 42.6 Å². The molecule has 0 radical (unpaired) electrons. The molecule has 9 nitrogen and oxygen atoms in total. The summed E-state index contributed by atoms with van der Waals surface area (Å²) in [5, 5.41) is 18.5. The highest BCUT2D eigenvalue weighted by Gasteiger charge is 2.26. The van der Waals surface area contributed by atoms with E-state index in [0.29, 0.717) is 28.2 Å². The molecule has 1 aliphatic rings. The van der Waals surface area contributed by atoms with Crippen molar-refractivity contribution in [3.05, 3.63) is 88.0 Å². The number of hydrogen-bond acceptors (Lipinski definition) is 5. The zero-order chi connectivity index (χ0) is 26.6. The number of pyridine rings is 1. The van der Waals surface area contributed by atoms with Crippen LogP contribution in [0, 0.1) is 12.8 Å². The first-order valence-corrected chi connectivity index (χ1v) is 12.7. The van der Waals surface area contributed by atoms with E-state index < -0.39 is 5.91 Å². The maximum Gasteiger partial charge on any atom is 0.252 e. The molecule has 0 bridgehead atoms. The van der Waals surface area contributed by atoms with Gasteiger partial charge in [0, 0.05) is 29.1 Å². The standard InChI is InChI=1S/C28H25ClN6O3/c1-15-2-9-25(36)26-20-10-16(3-7-22(20)33-35(15)26)13-31-28(38)19-6-5-18(12-21(19)29)34-14-32-23-11-17(27(30)37)4-8-24(23)34/h2,4-6,8-9,11-12,14,16,36H,3,7,10,13H2,1H3,(H2,30,37)(H,31,38)/t16-/m0/s1. The third-order valence-corrected chi connectivity index (χ3v) is 7.58. The fourth-order valence-corrected chi connectivity index (χ4v) is 5.49. The SMILES string of the molecule is Cc1ccc(O)c2c3c(nn12)CC[C@H](CNC(=O)c1ccc(-n2cnc4cc(C(N)=O)ccc42)cc1Cl)C3. The van der Waals surface area contributed by atoms with Crippen LogP contribution in [0.2, 0.25) is 5.02 Å². The predicted octanol–water partition coefficient (Wildman–Crippen LogP) is 3.97. The summed E-state index contributed by atoms with van der Waals surface area (Å²) >= 11 is 6.54. The number of nitrogens with one attached hydrogen (secondary N) is 1. The molecule has 1 atom stereocenters. The van der Waals surface area contributed by atoms with Crippen LogP contribution in [-0.2, 0) is 12.8 Å². The van der Waals surface area contributed by atoms with Crippen molar-refractivity contribution in [2.75, 3.05) is 6.54 Å². The van der Waals surface area contributed by atoms with E-state index >= 15 is 0 Å². The van der Waals surface area contributed by atoms with E-state index in [2.05, 4.69) is 15.4 Å². The number of benzene rings is 2. The zero-order valence-electron chi connectivity index (χ0n) is 20.6. The van der Waals surface area contributed by atoms with Gasteiger partial charge in [-0.25, -0.2) is 9.50 Å². The second-order valence-electron chi connectivity index (χ2n) is 9.71. The maximum atomic E-state index is 13.0. The monoisotopic (exact) mass is 528 g/mol. The number of rotatable bonds is 5. The Bertz CT molecular complexity index is 1750. The number of nitrogens with zero attached hydrogens (tertiary/aromatic N) is 4. The van der Waals surface area contributed by atoms with Gasteiger partial charge in [0.25, 0.3) is 5.91 Å². The van der Waals surface area contributed by atoms with E-state index in [-0.39, 0.29) is 17.6 Å². The van der Waals surface area contributed by atoms with Crippen molar-refractivity contribution in [2.45, 2.75) is 26.2 Å². The fraction of sp³-hybridized carbons (Fsp3) is 0.214. The van der Waals surface area contributed by atoms with Crippen molar-refractivity contribution < 1.29 is 14.7 Å². The first-order chi connectivity index (χ1) is 18.3. The summed E-state index contributed by atoms with van der Waals surface area (Å²) in [5.74, 6) is -0.312. The second-order valence-corrected chi connectivity index (χ2v) is 10.1. The molecule has 0 fully saturated rings. The Morgan fingerprint density at radius 3 is 2.82 bits per heavy atom. The van der Waals surface area contributed by atoms with Crippen molar-refractivity contribution in [3.8, 4) is 11.4 Å². The Balaban J connectivity index is 1.17. The Kier molecular flexibility index (Phi) is 5.80. The summed E-state index contributed by atoms with van der Waals surface area (Å²) in [6, 6.07) is 13.8. The van der Waals surface area contributed by atoms with Crippen LogP contribution in [0.3, 0.4) is 0 Å². The van der Waals surface area contributed by atoms with Gasteiger partial charge in [-0.05, 0) is 80.6 Å². The van der Waals surface area contributed by atoms with E-state index in [1.54, 1.807) is 48.8 Å². The smallest absolute Gasteiger partial charge is 0.252 e. The molecule has 6 rings (SSSR count). The molecule has 0 saturated carbocycles. The minimum Gasteiger partial charge on any atom is -0.506 e. The van der Waals surface area contributed by atoms with E-state index in [1.165, 1.54) is 0 Å². The number of fused-ring (bicyclic) bond motifs is 4. The Morgan fingerprint density at radius 2 is 2.03 bits per heavy atom. The number of primary amides is 1. The number of hydrogen-bond donors (Lipinski definition) is 3. The van der Waals surface area contributed by atoms with Crippen molar-refractivity contribution >= 4 is 40.0 Å². The number of aromatic hydroxyl groups is 1. The summed E-state index contributed by atoms with van der Waals surface area (Å²) in [5.41, 5.74) is 12.1. The highest BCUT2D eigenvalue weighted by atomic mass is 35.5. The van der Waals surface area contributed by atoms with E-state index in [4.69, 9.17) is 17.3 Å². The lowest BCUT2D eigenvalue weighted by Gasteiger charge is -2.22. The molecule has 0 unspecified atom stereocenters. The molecular weight excluding hydrogens is 504 g/mol. The van der Waals surface area contributed by atoms with Gasteiger partial charge in [0.05, 0.1) is 27.3 Å². The van der Waals surface area contributed by atoms with Gasteiger partial charge in [-0.1, -0.05) is 11.6 Å². The van der Waals surface area contributed by atoms with Crippen LogP contribution in [0.1, 0.15) is 44.1 Å². The molecule has 4 N–H and O–H groups in total. The minimum absolute atomic E-state index is 0.222. The molecule has 10 heteroatoms. The van der Waals surface area contributed by atoms with Gasteiger partial charge >= 0.3 is 0 Å². The lowest BCUT2D eigenvalue weighted by Crippen LogP contribution is -2.32. The topological polar surface area (TPSA) is 128 Å². The quantitative estimate of drug-likeness (QED) is 0.318. The van der Waals surface area contributed by atoms with Gasteiger partial charge in [0.2, 0.25) is 5.91 Å². The lowest BCUT2D eigenvalue weighted by atomic mass is 9.86. The molecule has 38 heavy (non-hydrogen) atoms. The minimum atomic E-state index is -0.513. The Morgan fingerprint density at radius 1 is 1.18 bits per heavy atom. The normalized spacial score (nSPS) is 15.1. The van der Waals surface area contributed by atoms with Crippen LogP contribution >= 0.6 is 11.6 Å². The van der Waals surface area contributed by atoms with Crippen LogP contribution in [0.15, 0.2) is 54.9 Å². The summed E-state index contributed by atoms with van der Waals surface area (Å²) in [6.07, 6.45) is 4.06. The lowest BCUT2D eigenvalue weighted by molar-refractivity contribution is 0.0945. The molecule has 2 amide bonds. The average Bonchev–Trinajstić information content (AvgIpc) is 3.51. The van der Waals surface area contributed by atoms with Crippen molar-refractivity contribution in [1.82, 2.24) is 24.5 Å². The summed E-state index contributed by atoms with van der Waals surface area (Å²) in [6.45, 7) is 2.46. The first-order valence-electron chi connectivity index (χ1n) is 12.3. The van der Waals surface area contributed by atoms with E-state index in [9.17, 15) is 14.7 Å². The van der Waals surface area contributed by atoms with Gasteiger partial charge in [-0.2, -0.15) is 5.10 Å². The Labute approximate surface area is 222 Å². The number of amides is 2. The summed E-state index contributed by atoms with van der Waals surface area (Å²) in [7, 11) is 0. The largest absolute Gasteiger partial charge is 0.506 e. The third kappa shape index (κ3) is 4.05. The van der Waals surface area contributed by atoms with Crippen molar-refractivity contribution in [1.29, 1.82) is 0 Å². The third-order valence-electron chi connectivity index (χ3n) is 7.27. The second kappa shape index (κ2) is 9.18. The van der Waals surface area contributed by atoms with Crippen LogP contribution < -0.4 is 11.1 Å². The molecule has 5 aromatic rings. The average molecular weight is 529 g/mol. The number of carbonyl (C=O) groups excluding carboxylic acids is 2. The molecular formula is C28H25ClN6O3. The fourth-order valence-electron chi connectivity index (χ4n) is 5.23. The number of carbonyl (C=O) groups is 2. The highest BCUT2D eigenvalue weighted by Crippen LogP contribution is 2.33. The van der Waals surface area contributed by atoms with Gasteiger partial charge in [-0.3, -0.25) is 14.2 Å². The first kappa shape index (κ1) is 24.0. The van der Waals surface area contributed by atoms with Crippen LogP contribution in [0.5, 0.6) is 5.75 Å². The molecule has 0 saturated heterocycles. The number of aryl methyl sites for hydroxylation is 2.